The van der Waals surface area contributed by atoms with Crippen LogP contribution >= 0.6 is 11.5 Å². The summed E-state index contributed by atoms with van der Waals surface area (Å²) in [5.74, 6) is 1.53. The van der Waals surface area contributed by atoms with Crippen LogP contribution in [0.5, 0.6) is 0 Å². The molecule has 1 saturated heterocycles. The van der Waals surface area contributed by atoms with E-state index in [1.807, 2.05) is 46.2 Å². The summed E-state index contributed by atoms with van der Waals surface area (Å²) in [6.07, 6.45) is 9.30. The van der Waals surface area contributed by atoms with Crippen molar-refractivity contribution in [3.8, 4) is 22.5 Å². The highest BCUT2D eigenvalue weighted by Gasteiger charge is 2.25. The van der Waals surface area contributed by atoms with E-state index in [0.717, 1.165) is 50.8 Å². The summed E-state index contributed by atoms with van der Waals surface area (Å²) in [7, 11) is 0. The minimum absolute atomic E-state index is 0.0217. The summed E-state index contributed by atoms with van der Waals surface area (Å²) >= 11 is 1.45. The number of nitrogens with two attached hydrogens (primary N) is 1. The second-order valence-corrected chi connectivity index (χ2v) is 10.8. The summed E-state index contributed by atoms with van der Waals surface area (Å²) in [6, 6.07) is 8.38. The van der Waals surface area contributed by atoms with Crippen molar-refractivity contribution in [3.05, 3.63) is 49.1 Å². The van der Waals surface area contributed by atoms with Crippen LogP contribution in [0.15, 0.2) is 53.5 Å². The van der Waals surface area contributed by atoms with E-state index in [9.17, 15) is 4.79 Å². The average Bonchev–Trinajstić information content (AvgIpc) is 3.67. The van der Waals surface area contributed by atoms with E-state index < -0.39 is 0 Å². The van der Waals surface area contributed by atoms with Gasteiger partial charge in [0.05, 0.1) is 16.9 Å². The molecule has 0 bridgehead atoms. The fourth-order valence-corrected chi connectivity index (χ4v) is 5.67. The van der Waals surface area contributed by atoms with Gasteiger partial charge in [-0.1, -0.05) is 26.0 Å². The van der Waals surface area contributed by atoms with Crippen LogP contribution in [-0.4, -0.2) is 49.7 Å². The number of hydrogen-bond donors (Lipinski definition) is 2. The molecule has 5 heterocycles. The van der Waals surface area contributed by atoms with Gasteiger partial charge in [0.25, 0.3) is 0 Å². The van der Waals surface area contributed by atoms with Crippen LogP contribution in [0.25, 0.3) is 43.5 Å². The van der Waals surface area contributed by atoms with Crippen molar-refractivity contribution in [1.82, 2.24) is 29.4 Å². The van der Waals surface area contributed by atoms with Crippen molar-refractivity contribution in [1.29, 1.82) is 0 Å². The lowest BCUT2D eigenvalue weighted by molar-refractivity contribution is 0.167. The molecule has 1 fully saturated rings. The molecular weight excluding hydrogens is 486 g/mol. The van der Waals surface area contributed by atoms with Crippen LogP contribution in [0.2, 0.25) is 0 Å². The first-order valence-electron chi connectivity index (χ1n) is 12.6. The number of fused-ring (bicyclic) bond motifs is 2. The minimum atomic E-state index is 0.0217. The van der Waals surface area contributed by atoms with Gasteiger partial charge in [-0.3, -0.25) is 4.68 Å². The van der Waals surface area contributed by atoms with Crippen LogP contribution < -0.4 is 11.1 Å². The predicted molar refractivity (Wildman–Crippen MR) is 146 cm³/mol. The van der Waals surface area contributed by atoms with E-state index in [-0.39, 0.29) is 12.1 Å². The maximum absolute atomic E-state index is 12.4. The molecule has 0 saturated carbocycles. The number of hydrogen-bond acceptors (Lipinski definition) is 7. The Bertz CT molecular complexity index is 1580. The van der Waals surface area contributed by atoms with Crippen LogP contribution in [0.4, 0.5) is 10.6 Å². The summed E-state index contributed by atoms with van der Waals surface area (Å²) in [5, 5.41) is 9.67. The Balaban J connectivity index is 1.25. The molecule has 9 nitrogen and oxygen atoms in total. The van der Waals surface area contributed by atoms with Crippen LogP contribution in [0, 0.1) is 5.92 Å². The predicted octanol–water partition coefficient (Wildman–Crippen LogP) is 5.55. The number of pyridine rings is 1. The van der Waals surface area contributed by atoms with Crippen LogP contribution in [-0.2, 0) is 0 Å². The van der Waals surface area contributed by atoms with Crippen LogP contribution in [0.3, 0.4) is 0 Å². The first-order valence-corrected chi connectivity index (χ1v) is 13.3. The topological polar surface area (TPSA) is 115 Å². The molecule has 0 aliphatic carbocycles. The number of anilines is 1. The molecule has 190 valence electrons. The van der Waals surface area contributed by atoms with Gasteiger partial charge in [0, 0.05) is 65.7 Å². The van der Waals surface area contributed by atoms with E-state index in [2.05, 4.69) is 39.8 Å². The standard InChI is InChI=1S/C27H29N7O2S/c1-16(2)11-30-27(35)33-8-6-19(7-9-33)34-15-18(12-31-34)22-14-29-26(28)24-21(22)10-23(36-24)20-5-3-4-17-13-32-37-25(17)20/h3-5,10,12-16,19H,6-9,11H2,1-2H3,(H2,28,29)(H,30,35). The number of nitrogens with one attached hydrogen (secondary N) is 1. The number of carbonyl (C=O) groups excluding carboxylic acids is 1. The van der Waals surface area contributed by atoms with Gasteiger partial charge >= 0.3 is 6.03 Å². The number of furan rings is 1. The number of piperidine rings is 1. The van der Waals surface area contributed by atoms with Gasteiger partial charge in [0.2, 0.25) is 0 Å². The fourth-order valence-electron chi connectivity index (χ4n) is 4.91. The van der Waals surface area contributed by atoms with Gasteiger partial charge in [-0.15, -0.1) is 0 Å². The first-order chi connectivity index (χ1) is 18.0. The number of nitrogen functional groups attached to an aromatic ring is 1. The molecular formula is C27H29N7O2S. The Morgan fingerprint density at radius 1 is 1.22 bits per heavy atom. The third-order valence-electron chi connectivity index (χ3n) is 6.93. The van der Waals surface area contributed by atoms with E-state index in [4.69, 9.17) is 10.2 Å². The van der Waals surface area contributed by atoms with E-state index in [1.54, 1.807) is 6.20 Å². The zero-order valence-electron chi connectivity index (χ0n) is 20.8. The molecule has 6 rings (SSSR count). The van der Waals surface area contributed by atoms with Crippen molar-refractivity contribution in [2.24, 2.45) is 5.92 Å². The fraction of sp³-hybridized carbons (Fsp3) is 0.333. The van der Waals surface area contributed by atoms with Crippen LogP contribution in [0.1, 0.15) is 32.7 Å². The van der Waals surface area contributed by atoms with Gasteiger partial charge < -0.3 is 20.4 Å². The monoisotopic (exact) mass is 515 g/mol. The molecule has 3 N–H and O–H groups in total. The summed E-state index contributed by atoms with van der Waals surface area (Å²) in [5.41, 5.74) is 9.65. The summed E-state index contributed by atoms with van der Waals surface area (Å²) < 4.78 is 13.7. The zero-order valence-corrected chi connectivity index (χ0v) is 21.7. The number of amides is 2. The lowest BCUT2D eigenvalue weighted by atomic mass is 10.0. The Kier molecular flexibility index (Phi) is 6.03. The number of likely N-dealkylation sites (tertiary alicyclic amines) is 1. The minimum Gasteiger partial charge on any atom is -0.452 e. The maximum Gasteiger partial charge on any atom is 0.317 e. The molecule has 10 heteroatoms. The van der Waals surface area contributed by atoms with Crippen molar-refractivity contribution in [3.63, 3.8) is 0 Å². The van der Waals surface area contributed by atoms with E-state index >= 15 is 0 Å². The molecule has 2 amide bonds. The Morgan fingerprint density at radius 2 is 2.05 bits per heavy atom. The zero-order chi connectivity index (χ0) is 25.5. The highest BCUT2D eigenvalue weighted by molar-refractivity contribution is 7.13. The number of rotatable bonds is 5. The Morgan fingerprint density at radius 3 is 2.86 bits per heavy atom. The van der Waals surface area contributed by atoms with Gasteiger partial charge in [-0.05, 0) is 42.4 Å². The molecule has 0 radical (unpaired) electrons. The third-order valence-corrected chi connectivity index (χ3v) is 7.78. The van der Waals surface area contributed by atoms with Crippen molar-refractivity contribution < 1.29 is 9.21 Å². The number of carbonyl (C=O) groups is 1. The second-order valence-electron chi connectivity index (χ2n) is 9.97. The summed E-state index contributed by atoms with van der Waals surface area (Å²) in [6.45, 7) is 6.31. The lowest BCUT2D eigenvalue weighted by Crippen LogP contribution is -2.45. The van der Waals surface area contributed by atoms with Gasteiger partial charge in [-0.25, -0.2) is 9.78 Å². The Hall–Kier alpha value is -3.92. The van der Waals surface area contributed by atoms with Crippen molar-refractivity contribution in [2.75, 3.05) is 25.4 Å². The molecule has 0 unspecified atom stereocenters. The molecule has 1 aliphatic rings. The van der Waals surface area contributed by atoms with Gasteiger partial charge in [-0.2, -0.15) is 9.47 Å². The average molecular weight is 516 g/mol. The maximum atomic E-state index is 12.4. The first kappa shape index (κ1) is 23.5. The highest BCUT2D eigenvalue weighted by Crippen LogP contribution is 2.39. The smallest absolute Gasteiger partial charge is 0.317 e. The number of benzene rings is 1. The second kappa shape index (κ2) is 9.51. The molecule has 5 aromatic rings. The van der Waals surface area contributed by atoms with Gasteiger partial charge in [0.15, 0.2) is 11.4 Å². The Labute approximate surface area is 218 Å². The molecule has 1 aliphatic heterocycles. The van der Waals surface area contributed by atoms with Gasteiger partial charge in [0.1, 0.15) is 5.76 Å². The SMILES string of the molecule is CC(C)CNC(=O)N1CCC(n2cc(-c3cnc(N)c4oc(-c5cccc6cnsc56)cc34)cn2)CC1. The quantitative estimate of drug-likeness (QED) is 0.317. The highest BCUT2D eigenvalue weighted by atomic mass is 32.1. The van der Waals surface area contributed by atoms with E-state index in [0.29, 0.717) is 37.0 Å². The normalized spacial score (nSPS) is 14.7. The largest absolute Gasteiger partial charge is 0.452 e. The lowest BCUT2D eigenvalue weighted by Gasteiger charge is -2.32. The molecule has 1 aromatic carbocycles. The molecule has 0 spiro atoms. The third kappa shape index (κ3) is 4.42. The number of nitrogens with zero attached hydrogens (tertiary/aromatic N) is 5. The summed E-state index contributed by atoms with van der Waals surface area (Å²) in [4.78, 5) is 18.7. The van der Waals surface area contributed by atoms with Crippen molar-refractivity contribution in [2.45, 2.75) is 32.7 Å². The molecule has 0 atom stereocenters. The molecule has 37 heavy (non-hydrogen) atoms. The number of urea groups is 1. The van der Waals surface area contributed by atoms with Crippen molar-refractivity contribution >= 4 is 44.4 Å². The number of aromatic nitrogens is 4. The molecule has 4 aromatic heterocycles. The van der Waals surface area contributed by atoms with E-state index in [1.165, 1.54) is 11.5 Å².